The van der Waals surface area contributed by atoms with E-state index in [1.807, 2.05) is 0 Å². The lowest BCUT2D eigenvalue weighted by molar-refractivity contribution is 0.102. The van der Waals surface area contributed by atoms with E-state index in [9.17, 15) is 13.2 Å². The summed E-state index contributed by atoms with van der Waals surface area (Å²) in [5, 5.41) is 3.04. The first kappa shape index (κ1) is 17.6. The number of nitrogens with one attached hydrogen (secondary N) is 1. The molecule has 1 N–H and O–H groups in total. The van der Waals surface area contributed by atoms with Gasteiger partial charge in [0, 0.05) is 17.5 Å². The first-order chi connectivity index (χ1) is 10.7. The molecule has 122 valence electrons. The number of amides is 1. The number of carbonyl (C=O) groups excluding carboxylic acids is 1. The van der Waals surface area contributed by atoms with Gasteiger partial charge in [0.05, 0.1) is 22.1 Å². The molecule has 0 aliphatic carbocycles. The molecule has 0 spiro atoms. The standard InChI is InChI=1S/C15H13Cl2NO4S/c1-22-13-6-4-10(8-12(13)17)18-15(19)9-3-5-11(16)14(7-9)23(2,20)21/h3-8H,1-2H3,(H,18,19). The van der Waals surface area contributed by atoms with Crippen molar-refractivity contribution in [1.29, 1.82) is 0 Å². The van der Waals surface area contributed by atoms with E-state index in [1.165, 1.54) is 31.4 Å². The van der Waals surface area contributed by atoms with Crippen LogP contribution in [0.25, 0.3) is 0 Å². The molecule has 2 rings (SSSR count). The molecule has 0 radical (unpaired) electrons. The predicted octanol–water partition coefficient (Wildman–Crippen LogP) is 3.66. The molecule has 0 saturated heterocycles. The summed E-state index contributed by atoms with van der Waals surface area (Å²) in [5.74, 6) is 0.00308. The third-order valence-electron chi connectivity index (χ3n) is 3.00. The molecule has 5 nitrogen and oxygen atoms in total. The molecule has 0 atom stereocenters. The predicted molar refractivity (Wildman–Crippen MR) is 90.5 cm³/mol. The average molecular weight is 374 g/mol. The first-order valence-corrected chi connectivity index (χ1v) is 9.01. The van der Waals surface area contributed by atoms with E-state index in [0.717, 1.165) is 6.26 Å². The van der Waals surface area contributed by atoms with E-state index in [2.05, 4.69) is 5.32 Å². The van der Waals surface area contributed by atoms with E-state index < -0.39 is 15.7 Å². The van der Waals surface area contributed by atoms with Crippen molar-refractivity contribution in [1.82, 2.24) is 0 Å². The Balaban J connectivity index is 2.30. The Bertz CT molecular complexity index is 866. The fourth-order valence-corrected chi connectivity index (χ4v) is 3.44. The van der Waals surface area contributed by atoms with Crippen LogP contribution in [0.1, 0.15) is 10.4 Å². The van der Waals surface area contributed by atoms with E-state index in [-0.39, 0.29) is 15.5 Å². The van der Waals surface area contributed by atoms with Crippen LogP contribution in [0.2, 0.25) is 10.0 Å². The van der Waals surface area contributed by atoms with Crippen molar-refractivity contribution in [2.75, 3.05) is 18.7 Å². The zero-order chi connectivity index (χ0) is 17.2. The Morgan fingerprint density at radius 1 is 1.09 bits per heavy atom. The van der Waals surface area contributed by atoms with Crippen LogP contribution in [0.15, 0.2) is 41.3 Å². The van der Waals surface area contributed by atoms with Gasteiger partial charge in [-0.3, -0.25) is 4.79 Å². The van der Waals surface area contributed by atoms with Crippen LogP contribution in [0.5, 0.6) is 5.75 Å². The molecule has 0 heterocycles. The third kappa shape index (κ3) is 4.16. The summed E-state index contributed by atoms with van der Waals surface area (Å²) in [6, 6.07) is 8.81. The van der Waals surface area contributed by atoms with Gasteiger partial charge in [0.15, 0.2) is 9.84 Å². The van der Waals surface area contributed by atoms with Crippen molar-refractivity contribution < 1.29 is 17.9 Å². The molecular formula is C15H13Cl2NO4S. The quantitative estimate of drug-likeness (QED) is 0.887. The van der Waals surface area contributed by atoms with Crippen LogP contribution in [0.4, 0.5) is 5.69 Å². The molecule has 0 unspecified atom stereocenters. The minimum atomic E-state index is -3.53. The summed E-state index contributed by atoms with van der Waals surface area (Å²) < 4.78 is 28.3. The number of ether oxygens (including phenoxy) is 1. The highest BCUT2D eigenvalue weighted by molar-refractivity contribution is 7.90. The number of carbonyl (C=O) groups is 1. The number of benzene rings is 2. The maximum atomic E-state index is 12.2. The average Bonchev–Trinajstić information content (AvgIpc) is 2.46. The van der Waals surface area contributed by atoms with E-state index in [0.29, 0.717) is 16.5 Å². The number of halogens is 2. The summed E-state index contributed by atoms with van der Waals surface area (Å²) in [4.78, 5) is 12.1. The molecule has 0 saturated carbocycles. The smallest absolute Gasteiger partial charge is 0.255 e. The minimum absolute atomic E-state index is 0.0662. The normalized spacial score (nSPS) is 11.1. The molecule has 0 fully saturated rings. The second kappa shape index (κ2) is 6.78. The molecule has 23 heavy (non-hydrogen) atoms. The number of rotatable bonds is 4. The van der Waals surface area contributed by atoms with Crippen molar-refractivity contribution in [2.45, 2.75) is 4.90 Å². The molecule has 2 aromatic rings. The van der Waals surface area contributed by atoms with Crippen molar-refractivity contribution in [3.05, 3.63) is 52.0 Å². The molecule has 0 aliphatic heterocycles. The topological polar surface area (TPSA) is 72.5 Å². The van der Waals surface area contributed by atoms with Gasteiger partial charge in [-0.2, -0.15) is 0 Å². The molecule has 1 amide bonds. The zero-order valence-electron chi connectivity index (χ0n) is 12.3. The number of sulfone groups is 1. The summed E-state index contributed by atoms with van der Waals surface area (Å²) in [6.07, 6.45) is 1.03. The Morgan fingerprint density at radius 3 is 2.35 bits per heavy atom. The van der Waals surface area contributed by atoms with Crippen molar-refractivity contribution in [2.24, 2.45) is 0 Å². The monoisotopic (exact) mass is 373 g/mol. The van der Waals surface area contributed by atoms with Gasteiger partial charge in [-0.25, -0.2) is 8.42 Å². The molecule has 8 heteroatoms. The molecule has 0 aliphatic rings. The van der Waals surface area contributed by atoms with Gasteiger partial charge in [-0.15, -0.1) is 0 Å². The van der Waals surface area contributed by atoms with E-state index in [4.69, 9.17) is 27.9 Å². The summed E-state index contributed by atoms with van der Waals surface area (Å²) in [6.45, 7) is 0. The fraction of sp³-hybridized carbons (Fsp3) is 0.133. The van der Waals surface area contributed by atoms with Gasteiger partial charge in [0.25, 0.3) is 5.91 Å². The minimum Gasteiger partial charge on any atom is -0.495 e. The van der Waals surface area contributed by atoms with Crippen molar-refractivity contribution in [3.8, 4) is 5.75 Å². The van der Waals surface area contributed by atoms with Gasteiger partial charge in [-0.1, -0.05) is 23.2 Å². The highest BCUT2D eigenvalue weighted by atomic mass is 35.5. The van der Waals surface area contributed by atoms with Crippen LogP contribution in [-0.4, -0.2) is 27.7 Å². The van der Waals surface area contributed by atoms with Gasteiger partial charge < -0.3 is 10.1 Å². The number of methoxy groups -OCH3 is 1. The lowest BCUT2D eigenvalue weighted by Gasteiger charge is -2.09. The maximum absolute atomic E-state index is 12.2. The van der Waals surface area contributed by atoms with Gasteiger partial charge >= 0.3 is 0 Å². The Hall–Kier alpha value is -1.76. The van der Waals surface area contributed by atoms with Crippen molar-refractivity contribution >= 4 is 44.6 Å². The molecule has 0 bridgehead atoms. The summed E-state index contributed by atoms with van der Waals surface area (Å²) >= 11 is 11.8. The van der Waals surface area contributed by atoms with Crippen LogP contribution in [0.3, 0.4) is 0 Å². The maximum Gasteiger partial charge on any atom is 0.255 e. The van der Waals surface area contributed by atoms with Gasteiger partial charge in [-0.05, 0) is 36.4 Å². The van der Waals surface area contributed by atoms with Crippen LogP contribution >= 0.6 is 23.2 Å². The highest BCUT2D eigenvalue weighted by Gasteiger charge is 2.16. The van der Waals surface area contributed by atoms with E-state index in [1.54, 1.807) is 12.1 Å². The Labute approximate surface area is 144 Å². The molecule has 0 aromatic heterocycles. The summed E-state index contributed by atoms with van der Waals surface area (Å²) in [5.41, 5.74) is 0.624. The highest BCUT2D eigenvalue weighted by Crippen LogP contribution is 2.28. The molecule has 2 aromatic carbocycles. The SMILES string of the molecule is COc1ccc(NC(=O)c2ccc(Cl)c(S(C)(=O)=O)c2)cc1Cl. The van der Waals surface area contributed by atoms with Gasteiger partial charge in [0.2, 0.25) is 0 Å². The lowest BCUT2D eigenvalue weighted by Crippen LogP contribution is -2.13. The van der Waals surface area contributed by atoms with Crippen LogP contribution in [0, 0.1) is 0 Å². The van der Waals surface area contributed by atoms with E-state index >= 15 is 0 Å². The van der Waals surface area contributed by atoms with Gasteiger partial charge in [0.1, 0.15) is 5.75 Å². The lowest BCUT2D eigenvalue weighted by atomic mass is 10.2. The summed E-state index contributed by atoms with van der Waals surface area (Å²) in [7, 11) is -2.04. The zero-order valence-corrected chi connectivity index (χ0v) is 14.6. The number of hydrogen-bond acceptors (Lipinski definition) is 4. The first-order valence-electron chi connectivity index (χ1n) is 6.37. The largest absolute Gasteiger partial charge is 0.495 e. The number of hydrogen-bond donors (Lipinski definition) is 1. The van der Waals surface area contributed by atoms with Crippen LogP contribution < -0.4 is 10.1 Å². The Morgan fingerprint density at radius 2 is 1.78 bits per heavy atom. The Kier molecular flexibility index (Phi) is 5.19. The second-order valence-corrected chi connectivity index (χ2v) is 7.52. The number of anilines is 1. The second-order valence-electron chi connectivity index (χ2n) is 4.72. The van der Waals surface area contributed by atoms with Crippen molar-refractivity contribution in [3.63, 3.8) is 0 Å². The third-order valence-corrected chi connectivity index (χ3v) is 4.88. The molecular weight excluding hydrogens is 361 g/mol. The fourth-order valence-electron chi connectivity index (χ4n) is 1.88. The van der Waals surface area contributed by atoms with Crippen LogP contribution in [-0.2, 0) is 9.84 Å².